The highest BCUT2D eigenvalue weighted by molar-refractivity contribution is 8.01. The Morgan fingerprint density at radius 2 is 1.78 bits per heavy atom. The minimum Gasteiger partial charge on any atom is -0.459 e. The summed E-state index contributed by atoms with van der Waals surface area (Å²) in [6.45, 7) is 9.83. The fourth-order valence-electron chi connectivity index (χ4n) is 3.96. The summed E-state index contributed by atoms with van der Waals surface area (Å²) in [6.07, 6.45) is -4.93. The summed E-state index contributed by atoms with van der Waals surface area (Å²) in [7, 11) is 0.880. The van der Waals surface area contributed by atoms with Gasteiger partial charge in [0.25, 0.3) is 5.60 Å². The second-order valence-corrected chi connectivity index (χ2v) is 10.0. The highest BCUT2D eigenvalue weighted by Crippen LogP contribution is 2.56. The van der Waals surface area contributed by atoms with Crippen LogP contribution in [0, 0.1) is 5.41 Å². The van der Waals surface area contributed by atoms with Gasteiger partial charge in [-0.2, -0.15) is 24.9 Å². The standard InChI is InChI=1S/C20H27F3O3S/c1-13(18(5)12-17(3,4)27-14(18)2)26-16(24)19(25-6,20(21,22)23)15-10-8-7-9-11-15/h7-11,13-14H,12H2,1-6H3/t13-,14-,18+,19+/m1/s1. The number of benzene rings is 1. The maximum atomic E-state index is 14.0. The fourth-order valence-corrected chi connectivity index (χ4v) is 5.85. The number of ether oxygens (including phenoxy) is 2. The van der Waals surface area contributed by atoms with E-state index < -0.39 is 29.3 Å². The molecule has 0 unspecified atom stereocenters. The zero-order valence-electron chi connectivity index (χ0n) is 16.5. The number of esters is 1. The Morgan fingerprint density at radius 3 is 2.19 bits per heavy atom. The maximum absolute atomic E-state index is 14.0. The monoisotopic (exact) mass is 404 g/mol. The van der Waals surface area contributed by atoms with E-state index in [2.05, 4.69) is 13.8 Å². The lowest BCUT2D eigenvalue weighted by molar-refractivity contribution is -0.279. The van der Waals surface area contributed by atoms with Gasteiger partial charge in [0.2, 0.25) is 0 Å². The predicted molar refractivity (Wildman–Crippen MR) is 101 cm³/mol. The van der Waals surface area contributed by atoms with Gasteiger partial charge in [-0.15, -0.1) is 0 Å². The zero-order chi connectivity index (χ0) is 20.7. The van der Waals surface area contributed by atoms with E-state index in [0.29, 0.717) is 0 Å². The third kappa shape index (κ3) is 3.86. The van der Waals surface area contributed by atoms with Crippen LogP contribution in [0.1, 0.15) is 46.6 Å². The molecule has 0 N–H and O–H groups in total. The summed E-state index contributed by atoms with van der Waals surface area (Å²) in [5, 5.41) is 0.134. The number of halogens is 3. The number of alkyl halides is 3. The van der Waals surface area contributed by atoms with Crippen molar-refractivity contribution in [1.29, 1.82) is 0 Å². The van der Waals surface area contributed by atoms with Crippen LogP contribution in [0.25, 0.3) is 0 Å². The molecule has 1 aliphatic heterocycles. The Kier molecular flexibility index (Phi) is 5.98. The second-order valence-electron chi connectivity index (χ2n) is 8.00. The van der Waals surface area contributed by atoms with Gasteiger partial charge in [0, 0.05) is 28.1 Å². The molecule has 1 aliphatic rings. The van der Waals surface area contributed by atoms with E-state index in [1.807, 2.05) is 13.8 Å². The normalized spacial score (nSPS) is 28.4. The van der Waals surface area contributed by atoms with Gasteiger partial charge >= 0.3 is 12.1 Å². The molecule has 1 fully saturated rings. The molecule has 0 radical (unpaired) electrons. The zero-order valence-corrected chi connectivity index (χ0v) is 17.3. The first-order valence-electron chi connectivity index (χ1n) is 8.86. The molecular formula is C20H27F3O3S. The first-order chi connectivity index (χ1) is 12.3. The first kappa shape index (κ1) is 22.1. The number of hydrogen-bond acceptors (Lipinski definition) is 4. The summed E-state index contributed by atoms with van der Waals surface area (Å²) in [6, 6.07) is 6.90. The quantitative estimate of drug-likeness (QED) is 0.621. The summed E-state index contributed by atoms with van der Waals surface area (Å²) < 4.78 is 52.2. The first-order valence-corrected chi connectivity index (χ1v) is 9.74. The number of hydrogen-bond donors (Lipinski definition) is 0. The van der Waals surface area contributed by atoms with Crippen molar-refractivity contribution in [3.63, 3.8) is 0 Å². The number of rotatable bonds is 5. The average Bonchev–Trinajstić information content (AvgIpc) is 2.76. The summed E-state index contributed by atoms with van der Waals surface area (Å²) in [4.78, 5) is 12.8. The molecule has 152 valence electrons. The molecule has 2 rings (SSSR count). The molecule has 1 aromatic carbocycles. The van der Waals surface area contributed by atoms with Crippen LogP contribution >= 0.6 is 11.8 Å². The molecule has 0 amide bonds. The highest BCUT2D eigenvalue weighted by Gasteiger charge is 2.65. The minimum atomic E-state index is -4.96. The molecule has 1 heterocycles. The van der Waals surface area contributed by atoms with Gasteiger partial charge in [-0.05, 0) is 13.3 Å². The fraction of sp³-hybridized carbons (Fsp3) is 0.650. The summed E-state index contributed by atoms with van der Waals surface area (Å²) >= 11 is 1.76. The van der Waals surface area contributed by atoms with Crippen LogP contribution in [0.15, 0.2) is 30.3 Å². The number of thioether (sulfide) groups is 1. The molecule has 0 aromatic heterocycles. The molecule has 0 spiro atoms. The van der Waals surface area contributed by atoms with Gasteiger partial charge in [0.1, 0.15) is 6.10 Å². The van der Waals surface area contributed by atoms with Crippen molar-refractivity contribution in [3.05, 3.63) is 35.9 Å². The van der Waals surface area contributed by atoms with Gasteiger partial charge in [-0.1, -0.05) is 58.0 Å². The molecule has 4 atom stereocenters. The van der Waals surface area contributed by atoms with Gasteiger partial charge in [-0.25, -0.2) is 4.79 Å². The van der Waals surface area contributed by atoms with Gasteiger partial charge in [0.15, 0.2) is 0 Å². The Morgan fingerprint density at radius 1 is 1.22 bits per heavy atom. The lowest BCUT2D eigenvalue weighted by atomic mass is 9.75. The molecule has 1 saturated heterocycles. The van der Waals surface area contributed by atoms with Crippen molar-refractivity contribution in [2.75, 3.05) is 7.11 Å². The van der Waals surface area contributed by atoms with E-state index in [0.717, 1.165) is 13.5 Å². The van der Waals surface area contributed by atoms with Crippen molar-refractivity contribution in [3.8, 4) is 0 Å². The van der Waals surface area contributed by atoms with Crippen molar-refractivity contribution in [2.24, 2.45) is 5.41 Å². The van der Waals surface area contributed by atoms with Crippen molar-refractivity contribution < 1.29 is 27.4 Å². The second kappa shape index (κ2) is 7.32. The van der Waals surface area contributed by atoms with Crippen molar-refractivity contribution in [2.45, 2.75) is 68.9 Å². The van der Waals surface area contributed by atoms with Crippen LogP contribution in [-0.2, 0) is 19.9 Å². The SMILES string of the molecule is CO[C@](C(=O)O[C@H](C)[C@]1(C)CC(C)(C)S[C@@H]1C)(c1ccccc1)C(F)(F)F. The van der Waals surface area contributed by atoms with Crippen LogP contribution in [0.3, 0.4) is 0 Å². The molecule has 1 aromatic rings. The lowest BCUT2D eigenvalue weighted by Gasteiger charge is -2.38. The third-order valence-corrected chi connectivity index (χ3v) is 7.29. The van der Waals surface area contributed by atoms with E-state index in [4.69, 9.17) is 9.47 Å². The largest absolute Gasteiger partial charge is 0.459 e. The van der Waals surface area contributed by atoms with Crippen LogP contribution in [0.5, 0.6) is 0 Å². The van der Waals surface area contributed by atoms with Crippen LogP contribution in [0.4, 0.5) is 13.2 Å². The topological polar surface area (TPSA) is 35.5 Å². The number of carbonyl (C=O) groups excluding carboxylic acids is 1. The molecule has 0 saturated carbocycles. The highest BCUT2D eigenvalue weighted by atomic mass is 32.2. The van der Waals surface area contributed by atoms with E-state index in [-0.39, 0.29) is 15.6 Å². The summed E-state index contributed by atoms with van der Waals surface area (Å²) in [5.74, 6) is -1.43. The van der Waals surface area contributed by atoms with Gasteiger partial charge in [-0.3, -0.25) is 0 Å². The number of carbonyl (C=O) groups is 1. The predicted octanol–water partition coefficient (Wildman–Crippen LogP) is 5.33. The van der Waals surface area contributed by atoms with Gasteiger partial charge in [0.05, 0.1) is 0 Å². The Balaban J connectivity index is 2.38. The van der Waals surface area contributed by atoms with Crippen LogP contribution < -0.4 is 0 Å². The maximum Gasteiger partial charge on any atom is 0.432 e. The third-order valence-electron chi connectivity index (χ3n) is 5.62. The lowest BCUT2D eigenvalue weighted by Crippen LogP contribution is -2.53. The molecular weight excluding hydrogens is 377 g/mol. The van der Waals surface area contributed by atoms with E-state index >= 15 is 0 Å². The molecule has 0 bridgehead atoms. The Bertz CT molecular complexity index is 677. The molecule has 0 aliphatic carbocycles. The molecule has 27 heavy (non-hydrogen) atoms. The number of methoxy groups -OCH3 is 1. The summed E-state index contributed by atoms with van der Waals surface area (Å²) in [5.41, 5.74) is -3.88. The van der Waals surface area contributed by atoms with Gasteiger partial charge < -0.3 is 9.47 Å². The smallest absolute Gasteiger partial charge is 0.432 e. The van der Waals surface area contributed by atoms with Crippen LogP contribution in [-0.4, -0.2) is 35.4 Å². The van der Waals surface area contributed by atoms with Crippen molar-refractivity contribution >= 4 is 17.7 Å². The Labute approximate surface area is 163 Å². The van der Waals surface area contributed by atoms with E-state index in [1.54, 1.807) is 24.8 Å². The van der Waals surface area contributed by atoms with Crippen molar-refractivity contribution in [1.82, 2.24) is 0 Å². The minimum absolute atomic E-state index is 0.0311. The van der Waals surface area contributed by atoms with Crippen LogP contribution in [0.2, 0.25) is 0 Å². The molecule has 3 nitrogen and oxygen atoms in total. The Hall–Kier alpha value is -1.21. The van der Waals surface area contributed by atoms with E-state index in [1.165, 1.54) is 24.3 Å². The average molecular weight is 404 g/mol. The van der Waals surface area contributed by atoms with E-state index in [9.17, 15) is 18.0 Å². The molecule has 7 heteroatoms.